The second-order valence-electron chi connectivity index (χ2n) is 1.55. The van der Waals surface area contributed by atoms with Gasteiger partial charge >= 0.3 is 0 Å². The molecule has 0 aromatic rings. The molecule has 0 fully saturated rings. The van der Waals surface area contributed by atoms with Gasteiger partial charge in [0.2, 0.25) is 0 Å². The van der Waals surface area contributed by atoms with Crippen LogP contribution in [0.25, 0.3) is 0 Å². The maximum Gasteiger partial charge on any atom is 0.142 e. The predicted octanol–water partition coefficient (Wildman–Crippen LogP) is 2.29. The lowest BCUT2D eigenvalue weighted by molar-refractivity contribution is 0.352. The molecule has 0 atom stereocenters. The van der Waals surface area contributed by atoms with Crippen LogP contribution in [-0.2, 0) is 5.11 Å². The molecule has 1 nitrogen and oxygen atoms in total. The molecule has 0 spiro atoms. The van der Waals surface area contributed by atoms with Gasteiger partial charge in [-0.1, -0.05) is 25.5 Å². The molecule has 0 heterocycles. The van der Waals surface area contributed by atoms with E-state index in [-0.39, 0.29) is 0 Å². The monoisotopic (exact) mass is 111 g/mol. The molecule has 0 bridgehead atoms. The van der Waals surface area contributed by atoms with Crippen LogP contribution in [-0.4, -0.2) is 0 Å². The van der Waals surface area contributed by atoms with Gasteiger partial charge in [-0.3, -0.25) is 5.11 Å². The van der Waals surface area contributed by atoms with Crippen molar-refractivity contribution in [3.05, 3.63) is 24.5 Å². The normalized spacial score (nSPS) is 11.6. The first-order valence-corrected chi connectivity index (χ1v) is 2.85. The third-order valence-corrected chi connectivity index (χ3v) is 0.781. The summed E-state index contributed by atoms with van der Waals surface area (Å²) in [5.41, 5.74) is 0. The molecule has 8 heavy (non-hydrogen) atoms. The molecule has 1 radical (unpaired) electrons. The van der Waals surface area contributed by atoms with Crippen molar-refractivity contribution in [1.29, 1.82) is 0 Å². The molecule has 45 valence electrons. The van der Waals surface area contributed by atoms with Crippen molar-refractivity contribution in [2.45, 2.75) is 19.8 Å². The van der Waals surface area contributed by atoms with Crippen LogP contribution in [0.5, 0.6) is 0 Å². The Balaban J connectivity index is 3.07. The molecule has 0 unspecified atom stereocenters. The van der Waals surface area contributed by atoms with Crippen LogP contribution in [0.4, 0.5) is 0 Å². The highest BCUT2D eigenvalue weighted by Crippen LogP contribution is 1.87. The Morgan fingerprint density at radius 2 is 2.12 bits per heavy atom. The molecule has 0 aliphatic carbocycles. The fraction of sp³-hybridized carbons (Fsp3) is 0.429. The molecular formula is C7H11O. The van der Waals surface area contributed by atoms with Crippen molar-refractivity contribution in [1.82, 2.24) is 0 Å². The Morgan fingerprint density at radius 3 is 2.62 bits per heavy atom. The van der Waals surface area contributed by atoms with Crippen molar-refractivity contribution in [2.24, 2.45) is 0 Å². The fourth-order valence-electron chi connectivity index (χ4n) is 0.387. The van der Waals surface area contributed by atoms with Crippen molar-refractivity contribution in [3.8, 4) is 0 Å². The standard InChI is InChI=1S/C7H11O/c1-2-3-4-5-6-7-8/h4-7H,2-3H2,1H3. The molecule has 0 aromatic carbocycles. The van der Waals surface area contributed by atoms with Gasteiger partial charge in [-0.2, -0.15) is 0 Å². The summed E-state index contributed by atoms with van der Waals surface area (Å²) in [5, 5.41) is 9.66. The first kappa shape index (κ1) is 7.28. The number of hydrogen-bond acceptors (Lipinski definition) is 0. The van der Waals surface area contributed by atoms with Crippen LogP contribution >= 0.6 is 0 Å². The van der Waals surface area contributed by atoms with Gasteiger partial charge in [-0.25, -0.2) is 0 Å². The smallest absolute Gasteiger partial charge is 0.142 e. The summed E-state index contributed by atoms with van der Waals surface area (Å²) in [4.78, 5) is 0. The van der Waals surface area contributed by atoms with E-state index in [0.29, 0.717) is 0 Å². The third-order valence-electron chi connectivity index (χ3n) is 0.781. The Kier molecular flexibility index (Phi) is 5.71. The van der Waals surface area contributed by atoms with Crippen molar-refractivity contribution in [3.63, 3.8) is 0 Å². The maximum absolute atomic E-state index is 9.66. The summed E-state index contributed by atoms with van der Waals surface area (Å²) in [6, 6.07) is 0. The summed E-state index contributed by atoms with van der Waals surface area (Å²) in [7, 11) is 0. The van der Waals surface area contributed by atoms with Crippen molar-refractivity contribution >= 4 is 0 Å². The van der Waals surface area contributed by atoms with Gasteiger partial charge in [0, 0.05) is 0 Å². The van der Waals surface area contributed by atoms with Gasteiger partial charge in [0.05, 0.1) is 0 Å². The summed E-state index contributed by atoms with van der Waals surface area (Å²) in [5.74, 6) is 0. The van der Waals surface area contributed by atoms with Gasteiger partial charge in [0.15, 0.2) is 0 Å². The highest BCUT2D eigenvalue weighted by atomic mass is 16.2. The minimum absolute atomic E-state index is 0.784. The first-order chi connectivity index (χ1) is 3.91. The Labute approximate surface area is 50.3 Å². The molecule has 0 rings (SSSR count). The lowest BCUT2D eigenvalue weighted by Crippen LogP contribution is -1.57. The van der Waals surface area contributed by atoms with Gasteiger partial charge < -0.3 is 0 Å². The molecule has 0 aliphatic rings. The van der Waals surface area contributed by atoms with E-state index in [1.54, 1.807) is 6.08 Å². The minimum atomic E-state index is 0.784. The molecule has 1 heteroatoms. The summed E-state index contributed by atoms with van der Waals surface area (Å²) in [6.45, 7) is 2.10. The number of rotatable bonds is 3. The summed E-state index contributed by atoms with van der Waals surface area (Å²) < 4.78 is 0. The molecule has 0 N–H and O–H groups in total. The quantitative estimate of drug-likeness (QED) is 0.393. The van der Waals surface area contributed by atoms with Crippen LogP contribution in [0, 0.1) is 0 Å². The summed E-state index contributed by atoms with van der Waals surface area (Å²) >= 11 is 0. The Bertz CT molecular complexity index is 82.4. The maximum atomic E-state index is 9.66. The third kappa shape index (κ3) is 5.28. The van der Waals surface area contributed by atoms with Gasteiger partial charge in [-0.15, -0.1) is 0 Å². The topological polar surface area (TPSA) is 19.9 Å². The number of allylic oxidation sites excluding steroid dienone is 3. The molecule has 0 amide bonds. The minimum Gasteiger partial charge on any atom is -0.299 e. The van der Waals surface area contributed by atoms with Crippen LogP contribution < -0.4 is 0 Å². The molecular weight excluding hydrogens is 100 g/mol. The Hall–Kier alpha value is -0.720. The largest absolute Gasteiger partial charge is 0.299 e. The lowest BCUT2D eigenvalue weighted by atomic mass is 10.3. The highest BCUT2D eigenvalue weighted by Gasteiger charge is 1.67. The molecule has 0 aliphatic heterocycles. The Morgan fingerprint density at radius 1 is 1.38 bits per heavy atom. The van der Waals surface area contributed by atoms with E-state index in [1.165, 1.54) is 6.08 Å². The average Bonchev–Trinajstić information content (AvgIpc) is 1.81. The van der Waals surface area contributed by atoms with Crippen LogP contribution in [0.3, 0.4) is 0 Å². The molecule has 0 saturated heterocycles. The van der Waals surface area contributed by atoms with Crippen LogP contribution in [0.2, 0.25) is 0 Å². The van der Waals surface area contributed by atoms with E-state index in [9.17, 15) is 5.11 Å². The predicted molar refractivity (Wildman–Crippen MR) is 33.9 cm³/mol. The first-order valence-electron chi connectivity index (χ1n) is 2.85. The van der Waals surface area contributed by atoms with Gasteiger partial charge in [0.1, 0.15) is 6.26 Å². The zero-order valence-corrected chi connectivity index (χ0v) is 5.13. The van der Waals surface area contributed by atoms with E-state index in [2.05, 4.69) is 6.92 Å². The van der Waals surface area contributed by atoms with Gasteiger partial charge in [-0.05, 0) is 12.5 Å². The second-order valence-corrected chi connectivity index (χ2v) is 1.55. The van der Waals surface area contributed by atoms with E-state index in [4.69, 9.17) is 0 Å². The average molecular weight is 111 g/mol. The van der Waals surface area contributed by atoms with Crippen LogP contribution in [0.1, 0.15) is 19.8 Å². The second kappa shape index (κ2) is 6.28. The fourth-order valence-corrected chi connectivity index (χ4v) is 0.387. The molecule has 0 saturated carbocycles. The zero-order valence-electron chi connectivity index (χ0n) is 5.13. The number of unbranched alkanes of at least 4 members (excludes halogenated alkanes) is 1. The summed E-state index contributed by atoms with van der Waals surface area (Å²) in [6.07, 6.45) is 8.24. The SMILES string of the molecule is CCCC=CC=C[O]. The van der Waals surface area contributed by atoms with Crippen molar-refractivity contribution in [2.75, 3.05) is 0 Å². The highest BCUT2D eigenvalue weighted by molar-refractivity contribution is 4.98. The van der Waals surface area contributed by atoms with E-state index in [1.807, 2.05) is 6.08 Å². The number of hydrogen-bond donors (Lipinski definition) is 0. The van der Waals surface area contributed by atoms with E-state index < -0.39 is 0 Å². The van der Waals surface area contributed by atoms with E-state index >= 15 is 0 Å². The van der Waals surface area contributed by atoms with E-state index in [0.717, 1.165) is 19.1 Å². The lowest BCUT2D eigenvalue weighted by Gasteiger charge is -1.77. The molecule has 0 aromatic heterocycles. The van der Waals surface area contributed by atoms with Crippen LogP contribution in [0.15, 0.2) is 24.5 Å². The van der Waals surface area contributed by atoms with Crippen molar-refractivity contribution < 1.29 is 5.11 Å². The zero-order chi connectivity index (χ0) is 6.24. The van der Waals surface area contributed by atoms with Gasteiger partial charge in [0.25, 0.3) is 0 Å².